The Morgan fingerprint density at radius 3 is 2.68 bits per heavy atom. The molecular formula is C25H33N5O4. The van der Waals surface area contributed by atoms with Crippen LogP contribution in [-0.2, 0) is 27.2 Å². The summed E-state index contributed by atoms with van der Waals surface area (Å²) in [5.41, 5.74) is 2.29. The molecule has 1 fully saturated rings. The molecule has 2 aromatic rings. The molecule has 0 spiro atoms. The van der Waals surface area contributed by atoms with Crippen LogP contribution in [0, 0.1) is 0 Å². The lowest BCUT2D eigenvalue weighted by molar-refractivity contribution is -0.137. The van der Waals surface area contributed by atoms with E-state index < -0.39 is 11.9 Å². The minimum absolute atomic E-state index is 0.0446. The van der Waals surface area contributed by atoms with Crippen LogP contribution < -0.4 is 10.6 Å². The zero-order chi connectivity index (χ0) is 24.2. The first-order valence-corrected chi connectivity index (χ1v) is 11.9. The van der Waals surface area contributed by atoms with Gasteiger partial charge >= 0.3 is 5.97 Å². The van der Waals surface area contributed by atoms with Gasteiger partial charge in [0.25, 0.3) is 0 Å². The van der Waals surface area contributed by atoms with Crippen molar-refractivity contribution in [2.75, 3.05) is 25.0 Å². The summed E-state index contributed by atoms with van der Waals surface area (Å²) in [7, 11) is 0. The number of nitrogens with one attached hydrogen (secondary N) is 2. The molecule has 9 nitrogen and oxygen atoms in total. The first kappa shape index (κ1) is 25.1. The van der Waals surface area contributed by atoms with Crippen LogP contribution in [0.25, 0.3) is 0 Å². The number of hydrogen-bond donors (Lipinski definition) is 3. The number of aromatic nitrogens is 2. The fourth-order valence-corrected chi connectivity index (χ4v) is 4.21. The van der Waals surface area contributed by atoms with Gasteiger partial charge in [0.15, 0.2) is 0 Å². The van der Waals surface area contributed by atoms with Crippen LogP contribution in [0.5, 0.6) is 0 Å². The number of rotatable bonds is 8. The van der Waals surface area contributed by atoms with Gasteiger partial charge in [-0.25, -0.2) is 4.98 Å². The molecule has 4 heterocycles. The maximum atomic E-state index is 12.5. The molecule has 1 saturated heterocycles. The van der Waals surface area contributed by atoms with Gasteiger partial charge in [-0.15, -0.1) is 0 Å². The highest BCUT2D eigenvalue weighted by atomic mass is 16.4. The van der Waals surface area contributed by atoms with Gasteiger partial charge in [-0.3, -0.25) is 19.4 Å². The van der Waals surface area contributed by atoms with E-state index in [4.69, 9.17) is 10.1 Å². The van der Waals surface area contributed by atoms with Crippen LogP contribution in [0.2, 0.25) is 0 Å². The molecule has 2 amide bonds. The molecule has 34 heavy (non-hydrogen) atoms. The summed E-state index contributed by atoms with van der Waals surface area (Å²) < 4.78 is 0. The molecule has 1 atom stereocenters. The number of fused-ring (bicyclic) bond motifs is 1. The Morgan fingerprint density at radius 1 is 1.15 bits per heavy atom. The van der Waals surface area contributed by atoms with Gasteiger partial charge in [-0.05, 0) is 62.3 Å². The molecule has 2 aliphatic rings. The Bertz CT molecular complexity index is 927. The molecule has 0 aromatic carbocycles. The topological polar surface area (TPSA) is 125 Å². The van der Waals surface area contributed by atoms with Crippen molar-refractivity contribution in [3.8, 4) is 0 Å². The molecule has 4 rings (SSSR count). The number of nitrogens with zero attached hydrogens (tertiary/aromatic N) is 3. The minimum atomic E-state index is -0.975. The first-order chi connectivity index (χ1) is 16.5. The van der Waals surface area contributed by atoms with Crippen LogP contribution >= 0.6 is 0 Å². The van der Waals surface area contributed by atoms with Crippen molar-refractivity contribution in [1.82, 2.24) is 20.2 Å². The quantitative estimate of drug-likeness (QED) is 0.509. The van der Waals surface area contributed by atoms with E-state index in [0.717, 1.165) is 56.6 Å². The number of anilines is 1. The molecular weight excluding hydrogens is 434 g/mol. The zero-order valence-electron chi connectivity index (χ0n) is 19.4. The second-order valence-corrected chi connectivity index (χ2v) is 8.46. The average Bonchev–Trinajstić information content (AvgIpc) is 3.33. The first-order valence-electron chi connectivity index (χ1n) is 11.9. The van der Waals surface area contributed by atoms with Crippen molar-refractivity contribution >= 4 is 23.6 Å². The Morgan fingerprint density at radius 2 is 1.97 bits per heavy atom. The number of carbonyl (C=O) groups is 3. The van der Waals surface area contributed by atoms with Gasteiger partial charge in [0, 0.05) is 43.8 Å². The number of pyridine rings is 2. The van der Waals surface area contributed by atoms with E-state index >= 15 is 0 Å². The third-order valence-electron chi connectivity index (χ3n) is 5.92. The van der Waals surface area contributed by atoms with Crippen LogP contribution in [-0.4, -0.2) is 63.4 Å². The normalized spacial score (nSPS) is 16.5. The second-order valence-electron chi connectivity index (χ2n) is 8.46. The SMILES string of the molecule is O=C(O)CCNC(=O)CC(=O)N1CCCC1CCc1ccc2c(n1)NCCC2.c1ccncc1. The summed E-state index contributed by atoms with van der Waals surface area (Å²) in [6.45, 7) is 1.68. The number of carboxylic acids is 1. The van der Waals surface area contributed by atoms with Crippen molar-refractivity contribution in [1.29, 1.82) is 0 Å². The van der Waals surface area contributed by atoms with E-state index in [9.17, 15) is 14.4 Å². The van der Waals surface area contributed by atoms with Gasteiger partial charge in [0.05, 0.1) is 6.42 Å². The lowest BCUT2D eigenvalue weighted by Crippen LogP contribution is -2.39. The Labute approximate surface area is 200 Å². The van der Waals surface area contributed by atoms with Crippen molar-refractivity contribution in [3.05, 3.63) is 54.0 Å². The monoisotopic (exact) mass is 467 g/mol. The van der Waals surface area contributed by atoms with Gasteiger partial charge in [-0.2, -0.15) is 0 Å². The lowest BCUT2D eigenvalue weighted by Gasteiger charge is -2.25. The Kier molecular flexibility index (Phi) is 9.81. The molecule has 1 unspecified atom stereocenters. The predicted octanol–water partition coefficient (Wildman–Crippen LogP) is 2.43. The van der Waals surface area contributed by atoms with E-state index in [-0.39, 0.29) is 31.3 Å². The van der Waals surface area contributed by atoms with Crippen LogP contribution in [0.1, 0.15) is 49.8 Å². The largest absolute Gasteiger partial charge is 0.481 e. The van der Waals surface area contributed by atoms with Gasteiger partial charge < -0.3 is 20.6 Å². The zero-order valence-corrected chi connectivity index (χ0v) is 19.4. The van der Waals surface area contributed by atoms with E-state index in [2.05, 4.69) is 27.8 Å². The number of aliphatic carboxylic acids is 1. The van der Waals surface area contributed by atoms with Gasteiger partial charge in [0.1, 0.15) is 12.2 Å². The van der Waals surface area contributed by atoms with Crippen molar-refractivity contribution < 1.29 is 19.5 Å². The number of amides is 2. The summed E-state index contributed by atoms with van der Waals surface area (Å²) >= 11 is 0. The Balaban J connectivity index is 0.000000469. The number of likely N-dealkylation sites (tertiary alicyclic amines) is 1. The predicted molar refractivity (Wildman–Crippen MR) is 128 cm³/mol. The Hall–Kier alpha value is -3.49. The third-order valence-corrected chi connectivity index (χ3v) is 5.92. The van der Waals surface area contributed by atoms with E-state index in [1.54, 1.807) is 17.3 Å². The number of carbonyl (C=O) groups excluding carboxylic acids is 2. The fourth-order valence-electron chi connectivity index (χ4n) is 4.21. The van der Waals surface area contributed by atoms with E-state index in [1.807, 2.05) is 18.2 Å². The summed E-state index contributed by atoms with van der Waals surface area (Å²) in [6, 6.07) is 10.1. The molecule has 0 bridgehead atoms. The fraction of sp³-hybridized carbons (Fsp3) is 0.480. The molecule has 2 aliphatic heterocycles. The van der Waals surface area contributed by atoms with Crippen molar-refractivity contribution in [3.63, 3.8) is 0 Å². The van der Waals surface area contributed by atoms with Gasteiger partial charge in [0.2, 0.25) is 11.8 Å². The second kappa shape index (κ2) is 13.3. The molecule has 0 saturated carbocycles. The van der Waals surface area contributed by atoms with Crippen molar-refractivity contribution in [2.45, 2.75) is 57.4 Å². The highest BCUT2D eigenvalue weighted by molar-refractivity contribution is 5.97. The van der Waals surface area contributed by atoms with E-state index in [0.29, 0.717) is 6.54 Å². The third kappa shape index (κ3) is 8.13. The maximum absolute atomic E-state index is 12.5. The smallest absolute Gasteiger partial charge is 0.305 e. The van der Waals surface area contributed by atoms with E-state index in [1.165, 1.54) is 5.56 Å². The summed E-state index contributed by atoms with van der Waals surface area (Å²) in [5, 5.41) is 14.4. The molecule has 9 heteroatoms. The van der Waals surface area contributed by atoms with Gasteiger partial charge in [-0.1, -0.05) is 12.1 Å². The highest BCUT2D eigenvalue weighted by Crippen LogP contribution is 2.24. The number of hydrogen-bond acceptors (Lipinski definition) is 6. The average molecular weight is 468 g/mol. The molecule has 182 valence electrons. The number of carboxylic acid groups (broad SMARTS) is 1. The standard InChI is InChI=1S/C20H28N4O4.C5H5N/c25-17(21-11-9-19(27)28)13-18(26)24-12-2-4-16(24)8-7-15-6-5-14-3-1-10-22-20(14)23-15;1-2-4-6-5-3-1/h5-6,16H,1-4,7-13H2,(H,21,25)(H,22,23)(H,27,28);1-5H. The van der Waals surface area contributed by atoms with Crippen LogP contribution in [0.4, 0.5) is 5.82 Å². The molecule has 0 radical (unpaired) electrons. The summed E-state index contributed by atoms with van der Waals surface area (Å²) in [5.74, 6) is -0.590. The lowest BCUT2D eigenvalue weighted by atomic mass is 10.0. The van der Waals surface area contributed by atoms with Crippen LogP contribution in [0.3, 0.4) is 0 Å². The van der Waals surface area contributed by atoms with Crippen LogP contribution in [0.15, 0.2) is 42.7 Å². The number of aryl methyl sites for hydroxylation is 2. The summed E-state index contributed by atoms with van der Waals surface area (Å²) in [6.07, 6.45) is 8.84. The summed E-state index contributed by atoms with van der Waals surface area (Å²) in [4.78, 5) is 45.1. The molecule has 0 aliphatic carbocycles. The molecule has 3 N–H and O–H groups in total. The minimum Gasteiger partial charge on any atom is -0.481 e. The highest BCUT2D eigenvalue weighted by Gasteiger charge is 2.29. The maximum Gasteiger partial charge on any atom is 0.305 e. The molecule has 2 aromatic heterocycles. The van der Waals surface area contributed by atoms with Crippen molar-refractivity contribution in [2.24, 2.45) is 0 Å².